The van der Waals surface area contributed by atoms with Gasteiger partial charge in [-0.2, -0.15) is 5.26 Å². The summed E-state index contributed by atoms with van der Waals surface area (Å²) in [5.74, 6) is 0.532. The highest BCUT2D eigenvalue weighted by Gasteiger charge is 2.32. The lowest BCUT2D eigenvalue weighted by molar-refractivity contribution is -0.121. The van der Waals surface area contributed by atoms with Crippen LogP contribution in [0.4, 0.5) is 0 Å². The summed E-state index contributed by atoms with van der Waals surface area (Å²) in [6.45, 7) is 10.0. The Morgan fingerprint density at radius 3 is 2.48 bits per heavy atom. The van der Waals surface area contributed by atoms with E-state index in [9.17, 15) is 10.1 Å². The molecule has 0 aliphatic heterocycles. The topological polar surface area (TPSA) is 83.6 Å². The lowest BCUT2D eigenvalue weighted by atomic mass is 9.90. The maximum absolute atomic E-state index is 12.6. The molecule has 0 fully saturated rings. The number of thioether (sulfide) groups is 1. The van der Waals surface area contributed by atoms with Gasteiger partial charge in [0.25, 0.3) is 0 Å². The van der Waals surface area contributed by atoms with E-state index in [1.807, 2.05) is 49.6 Å². The molecule has 0 radical (unpaired) electrons. The number of amides is 1. The highest BCUT2D eigenvalue weighted by Crippen LogP contribution is 2.28. The van der Waals surface area contributed by atoms with Gasteiger partial charge < -0.3 is 9.88 Å². The van der Waals surface area contributed by atoms with E-state index in [0.717, 1.165) is 11.4 Å². The SMILES string of the molecule is CCn1c(S[C@H](C)C(=O)N[C@](C)(C#N)C(C)C)nnc1-c1ccc(Cl)cc1. The van der Waals surface area contributed by atoms with Crippen molar-refractivity contribution < 1.29 is 4.79 Å². The maximum Gasteiger partial charge on any atom is 0.234 e. The van der Waals surface area contributed by atoms with E-state index in [1.54, 1.807) is 13.8 Å². The van der Waals surface area contributed by atoms with Crippen molar-refractivity contribution in [3.05, 3.63) is 29.3 Å². The number of hydrogen-bond acceptors (Lipinski definition) is 5. The molecular weight excluding hydrogens is 382 g/mol. The summed E-state index contributed by atoms with van der Waals surface area (Å²) in [7, 11) is 0. The molecule has 0 aliphatic rings. The first-order valence-electron chi connectivity index (χ1n) is 8.81. The van der Waals surface area contributed by atoms with Crippen LogP contribution in [0.5, 0.6) is 0 Å². The zero-order valence-electron chi connectivity index (χ0n) is 16.2. The summed E-state index contributed by atoms with van der Waals surface area (Å²) in [5, 5.41) is 21.7. The second kappa shape index (κ2) is 8.77. The third kappa shape index (κ3) is 4.82. The van der Waals surface area contributed by atoms with Crippen LogP contribution in [0.2, 0.25) is 5.02 Å². The van der Waals surface area contributed by atoms with Crippen LogP contribution in [0.1, 0.15) is 34.6 Å². The first-order chi connectivity index (χ1) is 12.7. The molecule has 144 valence electrons. The van der Waals surface area contributed by atoms with Crippen molar-refractivity contribution in [2.24, 2.45) is 5.92 Å². The minimum absolute atomic E-state index is 0.000507. The molecule has 0 saturated heterocycles. The smallest absolute Gasteiger partial charge is 0.234 e. The second-order valence-corrected chi connectivity index (χ2v) is 8.52. The van der Waals surface area contributed by atoms with Crippen molar-refractivity contribution in [2.45, 2.75) is 57.1 Å². The van der Waals surface area contributed by atoms with Crippen LogP contribution in [-0.2, 0) is 11.3 Å². The molecule has 2 aromatic rings. The van der Waals surface area contributed by atoms with Crippen LogP contribution in [0, 0.1) is 17.2 Å². The largest absolute Gasteiger partial charge is 0.337 e. The van der Waals surface area contributed by atoms with E-state index in [-0.39, 0.29) is 11.8 Å². The summed E-state index contributed by atoms with van der Waals surface area (Å²) in [5.41, 5.74) is 0.00767. The van der Waals surface area contributed by atoms with Gasteiger partial charge in [-0.1, -0.05) is 37.2 Å². The van der Waals surface area contributed by atoms with Gasteiger partial charge in [-0.25, -0.2) is 0 Å². The molecule has 0 aliphatic carbocycles. The lowest BCUT2D eigenvalue weighted by Crippen LogP contribution is -2.51. The molecule has 0 saturated carbocycles. The Morgan fingerprint density at radius 1 is 1.33 bits per heavy atom. The predicted molar refractivity (Wildman–Crippen MR) is 108 cm³/mol. The van der Waals surface area contributed by atoms with Crippen LogP contribution in [0.15, 0.2) is 29.4 Å². The Bertz CT molecular complexity index is 843. The fourth-order valence-electron chi connectivity index (χ4n) is 2.34. The molecule has 0 spiro atoms. The number of rotatable bonds is 7. The van der Waals surface area contributed by atoms with Crippen LogP contribution >= 0.6 is 23.4 Å². The quantitative estimate of drug-likeness (QED) is 0.699. The molecule has 1 aromatic heterocycles. The molecule has 2 atom stereocenters. The van der Waals surface area contributed by atoms with Gasteiger partial charge in [-0.3, -0.25) is 4.79 Å². The summed E-state index contributed by atoms with van der Waals surface area (Å²) < 4.78 is 1.96. The molecule has 1 heterocycles. The number of halogens is 1. The van der Waals surface area contributed by atoms with E-state index in [1.165, 1.54) is 11.8 Å². The van der Waals surface area contributed by atoms with E-state index in [2.05, 4.69) is 21.6 Å². The summed E-state index contributed by atoms with van der Waals surface area (Å²) >= 11 is 7.28. The molecular formula is C19H24ClN5OS. The fourth-order valence-corrected chi connectivity index (χ4v) is 3.38. The lowest BCUT2D eigenvalue weighted by Gasteiger charge is -2.28. The second-order valence-electron chi connectivity index (χ2n) is 6.78. The average molecular weight is 406 g/mol. The van der Waals surface area contributed by atoms with Gasteiger partial charge in [0.15, 0.2) is 11.0 Å². The first kappa shape index (κ1) is 21.3. The number of carbonyl (C=O) groups is 1. The van der Waals surface area contributed by atoms with E-state index < -0.39 is 10.8 Å². The monoisotopic (exact) mass is 405 g/mol. The number of aromatic nitrogens is 3. The Balaban J connectivity index is 2.19. The maximum atomic E-state index is 12.6. The van der Waals surface area contributed by atoms with Crippen molar-refractivity contribution in [3.8, 4) is 17.5 Å². The van der Waals surface area contributed by atoms with Crippen molar-refractivity contribution in [1.82, 2.24) is 20.1 Å². The van der Waals surface area contributed by atoms with Gasteiger partial charge in [0.05, 0.1) is 11.3 Å². The minimum Gasteiger partial charge on any atom is -0.337 e. The number of hydrogen-bond donors (Lipinski definition) is 1. The van der Waals surface area contributed by atoms with Gasteiger partial charge in [0.1, 0.15) is 5.54 Å². The Kier molecular flexibility index (Phi) is 6.90. The standard InChI is InChI=1S/C19H24ClN5OS/c1-6-25-16(14-7-9-15(20)10-8-14)23-24-18(25)27-13(4)17(26)22-19(5,11-21)12(2)3/h7-10,12-13H,6H2,1-5H3,(H,22,26)/t13-,19-/m1/s1. The molecule has 0 bridgehead atoms. The fraction of sp³-hybridized carbons (Fsp3) is 0.474. The third-order valence-electron chi connectivity index (χ3n) is 4.56. The molecule has 6 nitrogen and oxygen atoms in total. The minimum atomic E-state index is -0.904. The number of nitrogens with zero attached hydrogens (tertiary/aromatic N) is 4. The third-order valence-corrected chi connectivity index (χ3v) is 5.89. The predicted octanol–water partition coefficient (Wildman–Crippen LogP) is 4.15. The Hall–Kier alpha value is -2.04. The Labute approximate surface area is 169 Å². The van der Waals surface area contributed by atoms with Crippen molar-refractivity contribution in [2.75, 3.05) is 0 Å². The summed E-state index contributed by atoms with van der Waals surface area (Å²) in [6, 6.07) is 9.60. The van der Waals surface area contributed by atoms with Crippen LogP contribution in [-0.4, -0.2) is 31.5 Å². The molecule has 1 N–H and O–H groups in total. The van der Waals surface area contributed by atoms with Gasteiger partial charge >= 0.3 is 0 Å². The van der Waals surface area contributed by atoms with Gasteiger partial charge in [0.2, 0.25) is 5.91 Å². The number of carbonyl (C=O) groups excluding carboxylic acids is 1. The van der Waals surface area contributed by atoms with Crippen LogP contribution < -0.4 is 5.32 Å². The van der Waals surface area contributed by atoms with E-state index in [0.29, 0.717) is 16.7 Å². The molecule has 1 aromatic carbocycles. The van der Waals surface area contributed by atoms with Crippen molar-refractivity contribution in [3.63, 3.8) is 0 Å². The molecule has 2 rings (SSSR count). The molecule has 27 heavy (non-hydrogen) atoms. The zero-order chi connectivity index (χ0) is 20.2. The van der Waals surface area contributed by atoms with Crippen LogP contribution in [0.3, 0.4) is 0 Å². The molecule has 8 heteroatoms. The van der Waals surface area contributed by atoms with Crippen LogP contribution in [0.25, 0.3) is 11.4 Å². The van der Waals surface area contributed by atoms with E-state index in [4.69, 9.17) is 11.6 Å². The first-order valence-corrected chi connectivity index (χ1v) is 10.1. The summed E-state index contributed by atoms with van der Waals surface area (Å²) in [6.07, 6.45) is 0. The number of nitrogens with one attached hydrogen (secondary N) is 1. The van der Waals surface area contributed by atoms with Gasteiger partial charge in [-0.15, -0.1) is 10.2 Å². The normalized spacial score (nSPS) is 14.4. The van der Waals surface area contributed by atoms with Crippen molar-refractivity contribution >= 4 is 29.3 Å². The highest BCUT2D eigenvalue weighted by molar-refractivity contribution is 8.00. The number of benzene rings is 1. The summed E-state index contributed by atoms with van der Waals surface area (Å²) in [4.78, 5) is 12.6. The average Bonchev–Trinajstić information content (AvgIpc) is 3.04. The number of nitriles is 1. The zero-order valence-corrected chi connectivity index (χ0v) is 17.7. The molecule has 1 amide bonds. The highest BCUT2D eigenvalue weighted by atomic mass is 35.5. The van der Waals surface area contributed by atoms with Crippen molar-refractivity contribution in [1.29, 1.82) is 5.26 Å². The van der Waals surface area contributed by atoms with Gasteiger partial charge in [-0.05, 0) is 51.0 Å². The Morgan fingerprint density at radius 2 is 1.96 bits per heavy atom. The molecule has 0 unspecified atom stereocenters. The van der Waals surface area contributed by atoms with Gasteiger partial charge in [0, 0.05) is 17.1 Å². The van der Waals surface area contributed by atoms with E-state index >= 15 is 0 Å².